The summed E-state index contributed by atoms with van der Waals surface area (Å²) in [5.74, 6) is -3.04. The Kier molecular flexibility index (Phi) is 3.82. The zero-order valence-electron chi connectivity index (χ0n) is 9.65. The van der Waals surface area contributed by atoms with Crippen LogP contribution in [0.4, 0.5) is 18.9 Å². The number of nitrogens with one attached hydrogen (secondary N) is 1. The largest absolute Gasteiger partial charge is 0.471 e. The molecule has 3 N–H and O–H groups in total. The number of carbonyl (C=O) groups is 2. The smallest absolute Gasteiger partial charge is 0.365 e. The standard InChI is InChI=1S/C11H7F3N2O2S2/c12-11(13,14)10(18)16-6-3-7(5-1-2-19-4-5)20-8(6)9(15)17/h1-4H,(H2,15,17)(H,16,18). The number of hydrogen-bond acceptors (Lipinski definition) is 4. The van der Waals surface area contributed by atoms with E-state index in [2.05, 4.69) is 0 Å². The minimum atomic E-state index is -5.03. The average Bonchev–Trinajstić information content (AvgIpc) is 2.94. The number of halogens is 3. The number of primary amides is 1. The predicted octanol–water partition coefficient (Wildman–Crippen LogP) is 3.08. The van der Waals surface area contributed by atoms with Gasteiger partial charge < -0.3 is 11.1 Å². The zero-order chi connectivity index (χ0) is 14.9. The number of alkyl halides is 3. The third-order valence-electron chi connectivity index (χ3n) is 2.27. The van der Waals surface area contributed by atoms with Gasteiger partial charge in [-0.25, -0.2) is 0 Å². The summed E-state index contributed by atoms with van der Waals surface area (Å²) >= 11 is 2.33. The normalized spacial score (nSPS) is 11.3. The average molecular weight is 320 g/mol. The van der Waals surface area contributed by atoms with Gasteiger partial charge in [-0.3, -0.25) is 9.59 Å². The number of thiophene rings is 2. The molecule has 4 nitrogen and oxygen atoms in total. The van der Waals surface area contributed by atoms with E-state index in [-0.39, 0.29) is 10.6 Å². The predicted molar refractivity (Wildman–Crippen MR) is 70.8 cm³/mol. The van der Waals surface area contributed by atoms with E-state index in [0.717, 1.165) is 16.9 Å². The monoisotopic (exact) mass is 320 g/mol. The van der Waals surface area contributed by atoms with Crippen molar-refractivity contribution in [1.82, 2.24) is 0 Å². The Morgan fingerprint density at radius 3 is 2.50 bits per heavy atom. The van der Waals surface area contributed by atoms with Crippen LogP contribution in [0.2, 0.25) is 0 Å². The molecule has 0 saturated carbocycles. The molecule has 2 aromatic heterocycles. The van der Waals surface area contributed by atoms with Crippen molar-refractivity contribution in [3.05, 3.63) is 27.8 Å². The molecule has 0 aliphatic rings. The van der Waals surface area contributed by atoms with E-state index in [9.17, 15) is 22.8 Å². The number of nitrogens with two attached hydrogens (primary N) is 1. The Morgan fingerprint density at radius 1 is 1.30 bits per heavy atom. The van der Waals surface area contributed by atoms with Crippen LogP contribution in [0.15, 0.2) is 22.9 Å². The van der Waals surface area contributed by atoms with Gasteiger partial charge in [0.1, 0.15) is 4.88 Å². The second-order valence-corrected chi connectivity index (χ2v) is 5.51. The maximum absolute atomic E-state index is 12.2. The molecule has 106 valence electrons. The third-order valence-corrected chi connectivity index (χ3v) is 4.15. The van der Waals surface area contributed by atoms with Crippen LogP contribution in [0.1, 0.15) is 9.67 Å². The molecule has 0 bridgehead atoms. The fraction of sp³-hybridized carbons (Fsp3) is 0.0909. The van der Waals surface area contributed by atoms with E-state index >= 15 is 0 Å². The van der Waals surface area contributed by atoms with Gasteiger partial charge in [0.05, 0.1) is 5.69 Å². The number of hydrogen-bond donors (Lipinski definition) is 2. The van der Waals surface area contributed by atoms with Crippen molar-refractivity contribution in [2.75, 3.05) is 5.32 Å². The van der Waals surface area contributed by atoms with Crippen LogP contribution in [0.3, 0.4) is 0 Å². The number of anilines is 1. The van der Waals surface area contributed by atoms with Crippen molar-refractivity contribution in [2.24, 2.45) is 5.73 Å². The fourth-order valence-electron chi connectivity index (χ4n) is 1.41. The van der Waals surface area contributed by atoms with Crippen molar-refractivity contribution >= 4 is 40.2 Å². The SMILES string of the molecule is NC(=O)c1sc(-c2ccsc2)cc1NC(=O)C(F)(F)F. The second-order valence-electron chi connectivity index (χ2n) is 3.68. The first-order valence-electron chi connectivity index (χ1n) is 5.13. The molecule has 9 heteroatoms. The van der Waals surface area contributed by atoms with Crippen molar-refractivity contribution in [2.45, 2.75) is 6.18 Å². The summed E-state index contributed by atoms with van der Waals surface area (Å²) in [5.41, 5.74) is 5.62. The highest BCUT2D eigenvalue weighted by atomic mass is 32.1. The summed E-state index contributed by atoms with van der Waals surface area (Å²) in [6.45, 7) is 0. The van der Waals surface area contributed by atoms with E-state index in [1.54, 1.807) is 22.1 Å². The maximum Gasteiger partial charge on any atom is 0.471 e. The first kappa shape index (κ1) is 14.5. The van der Waals surface area contributed by atoms with E-state index in [4.69, 9.17) is 5.73 Å². The van der Waals surface area contributed by atoms with Gasteiger partial charge in [-0.15, -0.1) is 11.3 Å². The van der Waals surface area contributed by atoms with Gasteiger partial charge in [-0.2, -0.15) is 24.5 Å². The van der Waals surface area contributed by atoms with Crippen LogP contribution in [0, 0.1) is 0 Å². The van der Waals surface area contributed by atoms with E-state index in [1.165, 1.54) is 17.4 Å². The molecular weight excluding hydrogens is 313 g/mol. The number of carbonyl (C=O) groups excluding carboxylic acids is 2. The molecule has 0 spiro atoms. The highest BCUT2D eigenvalue weighted by Gasteiger charge is 2.39. The van der Waals surface area contributed by atoms with Gasteiger partial charge in [0.15, 0.2) is 0 Å². The molecule has 2 rings (SSSR count). The Balaban J connectivity index is 2.37. The van der Waals surface area contributed by atoms with Gasteiger partial charge in [0.2, 0.25) is 0 Å². The molecule has 20 heavy (non-hydrogen) atoms. The molecule has 0 aliphatic heterocycles. The summed E-state index contributed by atoms with van der Waals surface area (Å²) in [6.07, 6.45) is -5.03. The van der Waals surface area contributed by atoms with Gasteiger partial charge in [0.25, 0.3) is 5.91 Å². The summed E-state index contributed by atoms with van der Waals surface area (Å²) in [6, 6.07) is 3.05. The Labute approximate surface area is 119 Å². The van der Waals surface area contributed by atoms with Gasteiger partial charge in [0, 0.05) is 10.4 Å². The highest BCUT2D eigenvalue weighted by molar-refractivity contribution is 7.18. The lowest BCUT2D eigenvalue weighted by Gasteiger charge is -2.06. The molecule has 0 radical (unpaired) electrons. The van der Waals surface area contributed by atoms with Gasteiger partial charge in [-0.05, 0) is 22.9 Å². The molecule has 0 aromatic carbocycles. The summed E-state index contributed by atoms with van der Waals surface area (Å²) in [7, 11) is 0. The molecule has 2 aromatic rings. The number of rotatable bonds is 3. The molecule has 2 amide bonds. The number of amides is 2. The molecule has 0 saturated heterocycles. The second kappa shape index (κ2) is 5.25. The minimum Gasteiger partial charge on any atom is -0.365 e. The topological polar surface area (TPSA) is 72.2 Å². The van der Waals surface area contributed by atoms with Crippen LogP contribution < -0.4 is 11.1 Å². The van der Waals surface area contributed by atoms with E-state index in [0.29, 0.717) is 4.88 Å². The van der Waals surface area contributed by atoms with Crippen molar-refractivity contribution in [1.29, 1.82) is 0 Å². The molecule has 0 aliphatic carbocycles. The molecule has 0 fully saturated rings. The van der Waals surface area contributed by atoms with Crippen LogP contribution in [-0.2, 0) is 4.79 Å². The maximum atomic E-state index is 12.2. The van der Waals surface area contributed by atoms with Gasteiger partial charge in [-0.1, -0.05) is 0 Å². The Bertz CT molecular complexity index is 647. The van der Waals surface area contributed by atoms with Crippen LogP contribution in [-0.4, -0.2) is 18.0 Å². The van der Waals surface area contributed by atoms with Crippen molar-refractivity contribution < 1.29 is 22.8 Å². The first-order valence-corrected chi connectivity index (χ1v) is 6.89. The van der Waals surface area contributed by atoms with Crippen LogP contribution in [0.5, 0.6) is 0 Å². The third kappa shape index (κ3) is 2.99. The van der Waals surface area contributed by atoms with Crippen molar-refractivity contribution in [3.8, 4) is 10.4 Å². The Hall–Kier alpha value is -1.87. The summed E-state index contributed by atoms with van der Waals surface area (Å²) in [4.78, 5) is 22.6. The van der Waals surface area contributed by atoms with Crippen LogP contribution >= 0.6 is 22.7 Å². The van der Waals surface area contributed by atoms with Gasteiger partial charge >= 0.3 is 12.1 Å². The lowest BCUT2D eigenvalue weighted by molar-refractivity contribution is -0.167. The minimum absolute atomic E-state index is 0.121. The zero-order valence-corrected chi connectivity index (χ0v) is 11.3. The summed E-state index contributed by atoms with van der Waals surface area (Å²) in [5, 5.41) is 5.22. The van der Waals surface area contributed by atoms with E-state index < -0.39 is 18.0 Å². The molecule has 0 unspecified atom stereocenters. The quantitative estimate of drug-likeness (QED) is 0.912. The summed E-state index contributed by atoms with van der Waals surface area (Å²) < 4.78 is 36.7. The molecule has 0 atom stereocenters. The fourth-order valence-corrected chi connectivity index (χ4v) is 3.10. The first-order chi connectivity index (χ1) is 9.29. The lowest BCUT2D eigenvalue weighted by Crippen LogP contribution is -2.30. The Morgan fingerprint density at radius 2 is 2.00 bits per heavy atom. The molecular formula is C11H7F3N2O2S2. The van der Waals surface area contributed by atoms with Crippen LogP contribution in [0.25, 0.3) is 10.4 Å². The van der Waals surface area contributed by atoms with E-state index in [1.807, 2.05) is 0 Å². The highest BCUT2D eigenvalue weighted by Crippen LogP contribution is 2.36. The lowest BCUT2D eigenvalue weighted by atomic mass is 10.2. The van der Waals surface area contributed by atoms with Crippen molar-refractivity contribution in [3.63, 3.8) is 0 Å². The molecule has 2 heterocycles.